The maximum Gasteiger partial charge on any atom is 0.0314 e. The van der Waals surface area contributed by atoms with Gasteiger partial charge in [0.15, 0.2) is 0 Å². The van der Waals surface area contributed by atoms with E-state index in [4.69, 9.17) is 0 Å². The van der Waals surface area contributed by atoms with Gasteiger partial charge in [-0.05, 0) is 32.1 Å². The van der Waals surface area contributed by atoms with Crippen molar-refractivity contribution < 1.29 is 0 Å². The summed E-state index contributed by atoms with van der Waals surface area (Å²) in [5, 5.41) is 0. The van der Waals surface area contributed by atoms with Gasteiger partial charge in [-0.15, -0.1) is 0 Å². The first-order valence-electron chi connectivity index (χ1n) is 5.90. The Bertz CT molecular complexity index is 227. The minimum absolute atomic E-state index is 0.874. The van der Waals surface area contributed by atoms with Gasteiger partial charge in [-0.3, -0.25) is 4.90 Å². The lowest BCUT2D eigenvalue weighted by molar-refractivity contribution is 0.109. The molecule has 2 fully saturated rings. The standard InChI is InChI=1S/C12H19N/c1-2-7-12-10(4-1)8-9-13(12)11-5-3-6-11/h8,11-12H,1-7,9H2. The highest BCUT2D eigenvalue weighted by Crippen LogP contribution is 2.37. The van der Waals surface area contributed by atoms with Crippen LogP contribution < -0.4 is 0 Å². The molecule has 3 aliphatic rings. The van der Waals surface area contributed by atoms with Gasteiger partial charge in [0.1, 0.15) is 0 Å². The van der Waals surface area contributed by atoms with E-state index in [1.165, 1.54) is 51.5 Å². The molecule has 0 bridgehead atoms. The molecule has 1 unspecified atom stereocenters. The summed E-state index contributed by atoms with van der Waals surface area (Å²) in [5.41, 5.74) is 1.78. The van der Waals surface area contributed by atoms with Crippen LogP contribution in [0.1, 0.15) is 44.9 Å². The molecule has 2 saturated carbocycles. The molecule has 3 rings (SSSR count). The van der Waals surface area contributed by atoms with Crippen LogP contribution in [0.15, 0.2) is 11.6 Å². The molecular formula is C12H19N. The van der Waals surface area contributed by atoms with Gasteiger partial charge >= 0.3 is 0 Å². The fourth-order valence-corrected chi connectivity index (χ4v) is 3.11. The van der Waals surface area contributed by atoms with E-state index in [-0.39, 0.29) is 0 Å². The maximum absolute atomic E-state index is 2.78. The van der Waals surface area contributed by atoms with Gasteiger partial charge in [-0.1, -0.05) is 24.5 Å². The Morgan fingerprint density at radius 2 is 2.00 bits per heavy atom. The van der Waals surface area contributed by atoms with Crippen molar-refractivity contribution in [2.45, 2.75) is 57.0 Å². The third-order valence-electron chi connectivity index (χ3n) is 4.13. The Labute approximate surface area is 80.8 Å². The summed E-state index contributed by atoms with van der Waals surface area (Å²) in [7, 11) is 0. The van der Waals surface area contributed by atoms with Gasteiger partial charge in [0.25, 0.3) is 0 Å². The van der Waals surface area contributed by atoms with E-state index >= 15 is 0 Å². The van der Waals surface area contributed by atoms with Crippen molar-refractivity contribution in [2.24, 2.45) is 0 Å². The molecule has 0 radical (unpaired) electrons. The number of rotatable bonds is 1. The lowest BCUT2D eigenvalue weighted by Gasteiger charge is -2.41. The summed E-state index contributed by atoms with van der Waals surface area (Å²) >= 11 is 0. The van der Waals surface area contributed by atoms with Crippen LogP contribution >= 0.6 is 0 Å². The molecule has 0 N–H and O–H groups in total. The zero-order chi connectivity index (χ0) is 8.67. The van der Waals surface area contributed by atoms with Gasteiger partial charge in [0, 0.05) is 18.6 Å². The van der Waals surface area contributed by atoms with Gasteiger partial charge in [-0.2, -0.15) is 0 Å². The van der Waals surface area contributed by atoms with E-state index in [1.807, 2.05) is 0 Å². The molecule has 0 saturated heterocycles. The molecule has 13 heavy (non-hydrogen) atoms. The molecule has 72 valence electrons. The monoisotopic (exact) mass is 177 g/mol. The van der Waals surface area contributed by atoms with Crippen molar-refractivity contribution in [1.29, 1.82) is 0 Å². The van der Waals surface area contributed by atoms with Crippen molar-refractivity contribution in [2.75, 3.05) is 6.54 Å². The van der Waals surface area contributed by atoms with Gasteiger partial charge in [0.05, 0.1) is 0 Å². The molecule has 0 aromatic rings. The molecule has 1 heterocycles. The van der Waals surface area contributed by atoms with Crippen LogP contribution in [0.25, 0.3) is 0 Å². The lowest BCUT2D eigenvalue weighted by atomic mass is 9.86. The van der Waals surface area contributed by atoms with Gasteiger partial charge < -0.3 is 0 Å². The first-order chi connectivity index (χ1) is 6.45. The first-order valence-corrected chi connectivity index (χ1v) is 5.90. The van der Waals surface area contributed by atoms with Crippen molar-refractivity contribution in [3.05, 3.63) is 11.6 Å². The van der Waals surface area contributed by atoms with Crippen molar-refractivity contribution in [3.8, 4) is 0 Å². The predicted octanol–water partition coefficient (Wildman–Crippen LogP) is 2.72. The van der Waals surface area contributed by atoms with E-state index in [2.05, 4.69) is 11.0 Å². The Morgan fingerprint density at radius 3 is 2.77 bits per heavy atom. The van der Waals surface area contributed by atoms with E-state index in [9.17, 15) is 0 Å². The van der Waals surface area contributed by atoms with Gasteiger partial charge in [0.2, 0.25) is 0 Å². The highest BCUT2D eigenvalue weighted by molar-refractivity contribution is 5.21. The molecule has 1 atom stereocenters. The van der Waals surface area contributed by atoms with Crippen LogP contribution in [0.5, 0.6) is 0 Å². The lowest BCUT2D eigenvalue weighted by Crippen LogP contribution is -2.45. The zero-order valence-electron chi connectivity index (χ0n) is 8.34. The highest BCUT2D eigenvalue weighted by atomic mass is 15.2. The van der Waals surface area contributed by atoms with E-state index in [1.54, 1.807) is 5.57 Å². The molecule has 1 heteroatoms. The fraction of sp³-hybridized carbons (Fsp3) is 0.833. The number of hydrogen-bond donors (Lipinski definition) is 0. The minimum Gasteiger partial charge on any atom is -0.290 e. The van der Waals surface area contributed by atoms with E-state index in [0.717, 1.165) is 12.1 Å². The molecule has 1 nitrogen and oxygen atoms in total. The van der Waals surface area contributed by atoms with Crippen LogP contribution in [0, 0.1) is 0 Å². The van der Waals surface area contributed by atoms with Gasteiger partial charge in [-0.25, -0.2) is 0 Å². The van der Waals surface area contributed by atoms with Crippen LogP contribution in [0.2, 0.25) is 0 Å². The molecule has 1 aliphatic heterocycles. The summed E-state index contributed by atoms with van der Waals surface area (Å²) in [6.45, 7) is 1.27. The Balaban J connectivity index is 1.72. The number of fused-ring (bicyclic) bond motifs is 1. The summed E-state index contributed by atoms with van der Waals surface area (Å²) in [5.74, 6) is 0. The molecular weight excluding hydrogens is 158 g/mol. The van der Waals surface area contributed by atoms with Crippen LogP contribution in [-0.4, -0.2) is 23.5 Å². The third kappa shape index (κ3) is 1.25. The predicted molar refractivity (Wildman–Crippen MR) is 54.7 cm³/mol. The smallest absolute Gasteiger partial charge is 0.0314 e. The van der Waals surface area contributed by atoms with Crippen LogP contribution in [0.3, 0.4) is 0 Å². The Hall–Kier alpha value is -0.300. The van der Waals surface area contributed by atoms with Crippen LogP contribution in [-0.2, 0) is 0 Å². The summed E-state index contributed by atoms with van der Waals surface area (Å²) in [6.07, 6.45) is 12.7. The molecule has 2 aliphatic carbocycles. The highest BCUT2D eigenvalue weighted by Gasteiger charge is 2.35. The van der Waals surface area contributed by atoms with Crippen molar-refractivity contribution >= 4 is 0 Å². The second-order valence-corrected chi connectivity index (χ2v) is 4.82. The summed E-state index contributed by atoms with van der Waals surface area (Å²) < 4.78 is 0. The summed E-state index contributed by atoms with van der Waals surface area (Å²) in [6, 6.07) is 1.83. The zero-order valence-corrected chi connectivity index (χ0v) is 8.34. The summed E-state index contributed by atoms with van der Waals surface area (Å²) in [4.78, 5) is 2.78. The Kier molecular flexibility index (Phi) is 1.93. The normalized spacial score (nSPS) is 35.4. The topological polar surface area (TPSA) is 3.24 Å². The average Bonchev–Trinajstić information content (AvgIpc) is 2.47. The number of nitrogens with zero attached hydrogens (tertiary/aromatic N) is 1. The largest absolute Gasteiger partial charge is 0.290 e. The van der Waals surface area contributed by atoms with Crippen molar-refractivity contribution in [3.63, 3.8) is 0 Å². The fourth-order valence-electron chi connectivity index (χ4n) is 3.11. The Morgan fingerprint density at radius 1 is 1.08 bits per heavy atom. The first kappa shape index (κ1) is 8.05. The maximum atomic E-state index is 2.78. The van der Waals surface area contributed by atoms with Crippen molar-refractivity contribution in [1.82, 2.24) is 4.90 Å². The number of hydrogen-bond acceptors (Lipinski definition) is 1. The molecule has 0 amide bonds. The molecule has 0 aromatic heterocycles. The van der Waals surface area contributed by atoms with Crippen LogP contribution in [0.4, 0.5) is 0 Å². The minimum atomic E-state index is 0.874. The molecule has 0 aromatic carbocycles. The SMILES string of the molecule is C1=C2CCCCC2N(C2CCC2)C1. The average molecular weight is 177 g/mol. The molecule has 0 spiro atoms. The quantitative estimate of drug-likeness (QED) is 0.557. The second-order valence-electron chi connectivity index (χ2n) is 4.82. The second kappa shape index (κ2) is 3.13. The third-order valence-corrected chi connectivity index (χ3v) is 4.13. The van der Waals surface area contributed by atoms with E-state index < -0.39 is 0 Å². The van der Waals surface area contributed by atoms with E-state index in [0.29, 0.717) is 0 Å².